The minimum atomic E-state index is 0. The molecule has 7 heteroatoms. The summed E-state index contributed by atoms with van der Waals surface area (Å²) < 4.78 is 11.0. The smallest absolute Gasteiger partial charge is 0.218 e. The molecule has 0 unspecified atom stereocenters. The van der Waals surface area contributed by atoms with Crippen molar-refractivity contribution >= 4 is 29.9 Å². The van der Waals surface area contributed by atoms with Gasteiger partial charge in [0.15, 0.2) is 5.96 Å². The molecule has 1 N–H and O–H groups in total. The van der Waals surface area contributed by atoms with Crippen LogP contribution in [0, 0.1) is 0 Å². The summed E-state index contributed by atoms with van der Waals surface area (Å²) in [5, 5.41) is 3.31. The number of pyridine rings is 1. The van der Waals surface area contributed by atoms with Crippen molar-refractivity contribution in [3.8, 4) is 11.6 Å². The van der Waals surface area contributed by atoms with Gasteiger partial charge in [-0.1, -0.05) is 24.3 Å². The largest absolute Gasteiger partial charge is 0.492 e. The van der Waals surface area contributed by atoms with Gasteiger partial charge in [0.25, 0.3) is 0 Å². The lowest BCUT2D eigenvalue weighted by molar-refractivity contribution is 0.281. The number of likely N-dealkylation sites (N-methyl/N-ethyl adjacent to an activating group) is 1. The summed E-state index contributed by atoms with van der Waals surface area (Å²) in [6.45, 7) is 1.89. The van der Waals surface area contributed by atoms with Gasteiger partial charge in [-0.2, -0.15) is 0 Å². The number of methoxy groups -OCH3 is 1. The summed E-state index contributed by atoms with van der Waals surface area (Å²) in [6.07, 6.45) is 1.71. The monoisotopic (exact) mass is 456 g/mol. The summed E-state index contributed by atoms with van der Waals surface area (Å²) in [5.74, 6) is 2.28. The van der Waals surface area contributed by atoms with E-state index in [2.05, 4.69) is 15.3 Å². The first kappa shape index (κ1) is 21.0. The molecule has 0 bridgehead atoms. The third-order valence-electron chi connectivity index (χ3n) is 3.49. The second-order valence-electron chi connectivity index (χ2n) is 5.16. The number of nitrogens with zero attached hydrogens (tertiary/aromatic N) is 3. The van der Waals surface area contributed by atoms with Crippen molar-refractivity contribution in [1.29, 1.82) is 0 Å². The molecule has 2 rings (SSSR count). The van der Waals surface area contributed by atoms with Crippen molar-refractivity contribution in [3.63, 3.8) is 0 Å². The maximum Gasteiger partial charge on any atom is 0.218 e. The fraction of sp³-hybridized carbons (Fsp3) is 0.333. The average Bonchev–Trinajstić information content (AvgIpc) is 2.63. The number of nitrogens with one attached hydrogen (secondary N) is 1. The van der Waals surface area contributed by atoms with E-state index in [0.717, 1.165) is 23.8 Å². The molecule has 2 aromatic rings. The molecular formula is C18H25IN4O2. The van der Waals surface area contributed by atoms with Crippen molar-refractivity contribution in [1.82, 2.24) is 15.2 Å². The van der Waals surface area contributed by atoms with Gasteiger partial charge in [0.1, 0.15) is 12.4 Å². The predicted octanol–water partition coefficient (Wildman–Crippen LogP) is 2.79. The van der Waals surface area contributed by atoms with E-state index in [1.165, 1.54) is 0 Å². The third-order valence-corrected chi connectivity index (χ3v) is 3.49. The summed E-state index contributed by atoms with van der Waals surface area (Å²) >= 11 is 0. The Bertz CT molecular complexity index is 653. The Morgan fingerprint density at radius 3 is 2.64 bits per heavy atom. The van der Waals surface area contributed by atoms with Crippen LogP contribution in [0.5, 0.6) is 11.6 Å². The van der Waals surface area contributed by atoms with Crippen LogP contribution in [0.4, 0.5) is 0 Å². The molecule has 0 atom stereocenters. The van der Waals surface area contributed by atoms with Gasteiger partial charge in [-0.05, 0) is 18.2 Å². The van der Waals surface area contributed by atoms with E-state index in [1.54, 1.807) is 20.4 Å². The van der Waals surface area contributed by atoms with Gasteiger partial charge in [0.05, 0.1) is 13.7 Å². The molecule has 136 valence electrons. The molecule has 0 saturated carbocycles. The molecule has 0 aliphatic rings. The van der Waals surface area contributed by atoms with Crippen molar-refractivity contribution in [2.45, 2.75) is 6.54 Å². The highest BCUT2D eigenvalue weighted by atomic mass is 127. The van der Waals surface area contributed by atoms with E-state index in [9.17, 15) is 0 Å². The molecular weight excluding hydrogens is 431 g/mol. The van der Waals surface area contributed by atoms with Crippen LogP contribution in [-0.2, 0) is 6.54 Å². The first-order chi connectivity index (χ1) is 11.7. The van der Waals surface area contributed by atoms with Crippen molar-refractivity contribution in [3.05, 3.63) is 54.2 Å². The van der Waals surface area contributed by atoms with Crippen LogP contribution in [0.2, 0.25) is 0 Å². The number of para-hydroxylation sites is 1. The number of rotatable bonds is 7. The molecule has 1 heterocycles. The van der Waals surface area contributed by atoms with Gasteiger partial charge in [0, 0.05) is 32.4 Å². The summed E-state index contributed by atoms with van der Waals surface area (Å²) in [6, 6.07) is 13.6. The number of guanidine groups is 1. The molecule has 0 aliphatic carbocycles. The number of benzene rings is 1. The Labute approximate surface area is 166 Å². The molecule has 1 aromatic carbocycles. The average molecular weight is 456 g/mol. The highest BCUT2D eigenvalue weighted by Crippen LogP contribution is 2.13. The van der Waals surface area contributed by atoms with Gasteiger partial charge in [0.2, 0.25) is 5.88 Å². The van der Waals surface area contributed by atoms with Gasteiger partial charge in [-0.3, -0.25) is 4.99 Å². The van der Waals surface area contributed by atoms with Crippen LogP contribution in [0.15, 0.2) is 53.7 Å². The van der Waals surface area contributed by atoms with Crippen molar-refractivity contribution < 1.29 is 9.47 Å². The Morgan fingerprint density at radius 1 is 1.20 bits per heavy atom. The molecule has 25 heavy (non-hydrogen) atoms. The lowest BCUT2D eigenvalue weighted by Crippen LogP contribution is -2.40. The minimum Gasteiger partial charge on any atom is -0.492 e. The van der Waals surface area contributed by atoms with Crippen LogP contribution in [0.25, 0.3) is 0 Å². The third kappa shape index (κ3) is 6.77. The molecule has 1 aromatic heterocycles. The molecule has 0 radical (unpaired) electrons. The zero-order valence-electron chi connectivity index (χ0n) is 14.8. The topological polar surface area (TPSA) is 59.0 Å². The molecule has 0 saturated heterocycles. The maximum atomic E-state index is 5.72. The lowest BCUT2D eigenvalue weighted by Gasteiger charge is -2.22. The number of ether oxygens (including phenoxy) is 2. The first-order valence-corrected chi connectivity index (χ1v) is 7.82. The number of hydrogen-bond donors (Lipinski definition) is 1. The zero-order chi connectivity index (χ0) is 17.2. The predicted molar refractivity (Wildman–Crippen MR) is 111 cm³/mol. The van der Waals surface area contributed by atoms with Crippen LogP contribution in [0.3, 0.4) is 0 Å². The molecule has 0 aliphatic heterocycles. The first-order valence-electron chi connectivity index (χ1n) is 7.82. The Kier molecular flexibility index (Phi) is 9.68. The zero-order valence-corrected chi connectivity index (χ0v) is 17.1. The van der Waals surface area contributed by atoms with E-state index >= 15 is 0 Å². The number of hydrogen-bond acceptors (Lipinski definition) is 4. The van der Waals surface area contributed by atoms with Crippen molar-refractivity contribution in [2.24, 2.45) is 4.99 Å². The molecule has 0 fully saturated rings. The van der Waals surface area contributed by atoms with Crippen LogP contribution >= 0.6 is 24.0 Å². The normalized spacial score (nSPS) is 10.6. The van der Waals surface area contributed by atoms with Crippen LogP contribution in [-0.4, -0.2) is 50.2 Å². The Hall–Kier alpha value is -2.03. The quantitative estimate of drug-likeness (QED) is 0.395. The van der Waals surface area contributed by atoms with E-state index in [4.69, 9.17) is 9.47 Å². The van der Waals surface area contributed by atoms with Crippen LogP contribution in [0.1, 0.15) is 5.56 Å². The van der Waals surface area contributed by atoms with E-state index in [-0.39, 0.29) is 24.0 Å². The minimum absolute atomic E-state index is 0. The summed E-state index contributed by atoms with van der Waals surface area (Å²) in [7, 11) is 5.36. The van der Waals surface area contributed by atoms with Gasteiger partial charge < -0.3 is 19.7 Å². The lowest BCUT2D eigenvalue weighted by atomic mass is 10.2. The number of aromatic nitrogens is 1. The van der Waals surface area contributed by atoms with Crippen LogP contribution < -0.4 is 14.8 Å². The standard InChI is InChI=1S/C18H24N4O2.HI/c1-19-18(21-14-15-8-7-11-20-17(15)23-3)22(2)12-13-24-16-9-5-4-6-10-16;/h4-11H,12-14H2,1-3H3,(H,19,21);1H. The summed E-state index contributed by atoms with van der Waals surface area (Å²) in [5.41, 5.74) is 0.982. The van der Waals surface area contributed by atoms with Gasteiger partial charge in [-0.15, -0.1) is 24.0 Å². The van der Waals surface area contributed by atoms with Crippen molar-refractivity contribution in [2.75, 3.05) is 34.4 Å². The molecule has 0 spiro atoms. The fourth-order valence-corrected chi connectivity index (χ4v) is 2.22. The Balaban J connectivity index is 0.00000312. The fourth-order valence-electron chi connectivity index (χ4n) is 2.22. The van der Waals surface area contributed by atoms with Gasteiger partial charge >= 0.3 is 0 Å². The summed E-state index contributed by atoms with van der Waals surface area (Å²) in [4.78, 5) is 10.5. The number of halogens is 1. The molecule has 0 amide bonds. The van der Waals surface area contributed by atoms with E-state index in [1.807, 2.05) is 54.4 Å². The number of aliphatic imine (C=N–C) groups is 1. The highest BCUT2D eigenvalue weighted by Gasteiger charge is 2.08. The van der Waals surface area contributed by atoms with E-state index < -0.39 is 0 Å². The molecule has 6 nitrogen and oxygen atoms in total. The SMILES string of the molecule is CN=C(NCc1cccnc1OC)N(C)CCOc1ccccc1.I. The highest BCUT2D eigenvalue weighted by molar-refractivity contribution is 14.0. The second-order valence-corrected chi connectivity index (χ2v) is 5.16. The maximum absolute atomic E-state index is 5.72. The van der Waals surface area contributed by atoms with E-state index in [0.29, 0.717) is 19.0 Å². The Morgan fingerprint density at radius 2 is 1.96 bits per heavy atom. The van der Waals surface area contributed by atoms with Gasteiger partial charge in [-0.25, -0.2) is 4.98 Å². The second kappa shape index (κ2) is 11.5.